The summed E-state index contributed by atoms with van der Waals surface area (Å²) < 4.78 is 5.43. The van der Waals surface area contributed by atoms with Crippen LogP contribution in [-0.4, -0.2) is 46.2 Å². The van der Waals surface area contributed by atoms with Gasteiger partial charge < -0.3 is 20.4 Å². The van der Waals surface area contributed by atoms with E-state index in [2.05, 4.69) is 32.8 Å². The van der Waals surface area contributed by atoms with E-state index in [4.69, 9.17) is 15.5 Å². The van der Waals surface area contributed by atoms with Gasteiger partial charge in [-0.3, -0.25) is 0 Å². The molecule has 3 N–H and O–H groups in total. The van der Waals surface area contributed by atoms with Crippen LogP contribution in [0.25, 0.3) is 22.6 Å². The SMILES string of the molecule is COC1CCN(c2cnc(N)c(-c3nc4ccc(C)cc4[nH]3)n2)CC1. The van der Waals surface area contributed by atoms with E-state index in [1.54, 1.807) is 13.3 Å². The zero-order valence-electron chi connectivity index (χ0n) is 14.5. The summed E-state index contributed by atoms with van der Waals surface area (Å²) >= 11 is 0. The average molecular weight is 338 g/mol. The number of H-pyrrole nitrogens is 1. The normalized spacial score (nSPS) is 15.8. The lowest BCUT2D eigenvalue weighted by Gasteiger charge is -2.32. The lowest BCUT2D eigenvalue weighted by Crippen LogP contribution is -2.37. The van der Waals surface area contributed by atoms with Gasteiger partial charge in [0.25, 0.3) is 0 Å². The number of anilines is 2. The fourth-order valence-electron chi connectivity index (χ4n) is 3.27. The Hall–Kier alpha value is -2.67. The maximum atomic E-state index is 6.07. The van der Waals surface area contributed by atoms with Gasteiger partial charge in [-0.15, -0.1) is 0 Å². The van der Waals surface area contributed by atoms with Gasteiger partial charge >= 0.3 is 0 Å². The molecule has 3 heterocycles. The molecule has 0 bridgehead atoms. The summed E-state index contributed by atoms with van der Waals surface area (Å²) in [5.74, 6) is 1.86. The van der Waals surface area contributed by atoms with Gasteiger partial charge in [0.1, 0.15) is 5.82 Å². The summed E-state index contributed by atoms with van der Waals surface area (Å²) in [7, 11) is 1.77. The molecule has 25 heavy (non-hydrogen) atoms. The quantitative estimate of drug-likeness (QED) is 0.762. The third-order valence-electron chi connectivity index (χ3n) is 4.75. The molecule has 7 nitrogen and oxygen atoms in total. The van der Waals surface area contributed by atoms with Gasteiger partial charge in [0, 0.05) is 20.2 Å². The Bertz CT molecular complexity index is 898. The van der Waals surface area contributed by atoms with E-state index in [9.17, 15) is 0 Å². The molecule has 0 unspecified atom stereocenters. The second kappa shape index (κ2) is 6.33. The number of methoxy groups -OCH3 is 1. The summed E-state index contributed by atoms with van der Waals surface area (Å²) in [4.78, 5) is 19.2. The van der Waals surface area contributed by atoms with Crippen LogP contribution >= 0.6 is 0 Å². The third-order valence-corrected chi connectivity index (χ3v) is 4.75. The molecule has 130 valence electrons. The number of nitrogens with two attached hydrogens (primary N) is 1. The molecule has 1 saturated heterocycles. The van der Waals surface area contributed by atoms with Crippen LogP contribution < -0.4 is 10.6 Å². The number of ether oxygens (including phenoxy) is 1. The second-order valence-corrected chi connectivity index (χ2v) is 6.49. The molecule has 3 aromatic rings. The minimum Gasteiger partial charge on any atom is -0.382 e. The number of hydrogen-bond acceptors (Lipinski definition) is 6. The van der Waals surface area contributed by atoms with Crippen molar-refractivity contribution in [1.29, 1.82) is 0 Å². The van der Waals surface area contributed by atoms with Gasteiger partial charge in [0.05, 0.1) is 23.3 Å². The highest BCUT2D eigenvalue weighted by Crippen LogP contribution is 2.26. The summed E-state index contributed by atoms with van der Waals surface area (Å²) in [6.45, 7) is 3.85. The van der Waals surface area contributed by atoms with Crippen LogP contribution in [0.4, 0.5) is 11.6 Å². The number of aromatic nitrogens is 4. The Morgan fingerprint density at radius 1 is 1.24 bits per heavy atom. The van der Waals surface area contributed by atoms with Crippen molar-refractivity contribution in [1.82, 2.24) is 19.9 Å². The predicted molar refractivity (Wildman–Crippen MR) is 98.5 cm³/mol. The first-order chi connectivity index (χ1) is 12.1. The highest BCUT2D eigenvalue weighted by Gasteiger charge is 2.21. The lowest BCUT2D eigenvalue weighted by atomic mass is 10.1. The molecule has 1 fully saturated rings. The largest absolute Gasteiger partial charge is 0.382 e. The Morgan fingerprint density at radius 2 is 2.04 bits per heavy atom. The van der Waals surface area contributed by atoms with Crippen molar-refractivity contribution in [2.24, 2.45) is 0 Å². The van der Waals surface area contributed by atoms with Crippen LogP contribution in [0.2, 0.25) is 0 Å². The number of hydrogen-bond donors (Lipinski definition) is 2. The molecule has 7 heteroatoms. The molecule has 0 aliphatic carbocycles. The van der Waals surface area contributed by atoms with Crippen molar-refractivity contribution >= 4 is 22.7 Å². The maximum absolute atomic E-state index is 6.07. The maximum Gasteiger partial charge on any atom is 0.161 e. The summed E-state index contributed by atoms with van der Waals surface area (Å²) in [6, 6.07) is 6.10. The third kappa shape index (κ3) is 3.02. The first kappa shape index (κ1) is 15.8. The summed E-state index contributed by atoms with van der Waals surface area (Å²) in [5.41, 5.74) is 9.72. The monoisotopic (exact) mass is 338 g/mol. The fraction of sp³-hybridized carbons (Fsp3) is 0.389. The van der Waals surface area contributed by atoms with Crippen molar-refractivity contribution in [3.63, 3.8) is 0 Å². The predicted octanol–water partition coefficient (Wildman–Crippen LogP) is 2.53. The minimum atomic E-state index is 0.330. The van der Waals surface area contributed by atoms with Crippen LogP contribution in [0.1, 0.15) is 18.4 Å². The number of nitrogens with one attached hydrogen (secondary N) is 1. The molecule has 0 amide bonds. The van der Waals surface area contributed by atoms with Gasteiger partial charge in [0.15, 0.2) is 17.3 Å². The number of aromatic amines is 1. The molecule has 0 saturated carbocycles. The van der Waals surface area contributed by atoms with Crippen LogP contribution in [0, 0.1) is 6.92 Å². The van der Waals surface area contributed by atoms with Crippen molar-refractivity contribution in [2.75, 3.05) is 30.8 Å². The number of fused-ring (bicyclic) bond motifs is 1. The molecule has 1 aromatic carbocycles. The molecule has 0 radical (unpaired) electrons. The van der Waals surface area contributed by atoms with Crippen molar-refractivity contribution in [2.45, 2.75) is 25.9 Å². The molecule has 1 aliphatic rings. The summed E-state index contributed by atoms with van der Waals surface area (Å²) in [5, 5.41) is 0. The van der Waals surface area contributed by atoms with E-state index in [1.807, 2.05) is 12.1 Å². The summed E-state index contributed by atoms with van der Waals surface area (Å²) in [6.07, 6.45) is 4.04. The number of aryl methyl sites for hydroxylation is 1. The van der Waals surface area contributed by atoms with E-state index in [0.29, 0.717) is 23.4 Å². The topological polar surface area (TPSA) is 93.0 Å². The number of rotatable bonds is 3. The van der Waals surface area contributed by atoms with Crippen LogP contribution in [0.15, 0.2) is 24.4 Å². The minimum absolute atomic E-state index is 0.330. The van der Waals surface area contributed by atoms with E-state index in [-0.39, 0.29) is 0 Å². The first-order valence-electron chi connectivity index (χ1n) is 8.51. The number of imidazole rings is 1. The molecule has 0 spiro atoms. The molecule has 4 rings (SSSR count). The zero-order chi connectivity index (χ0) is 17.4. The lowest BCUT2D eigenvalue weighted by molar-refractivity contribution is 0.0818. The van der Waals surface area contributed by atoms with Gasteiger partial charge in [-0.05, 0) is 37.5 Å². The number of piperidine rings is 1. The number of nitrogens with zero attached hydrogens (tertiary/aromatic N) is 4. The zero-order valence-corrected chi connectivity index (χ0v) is 14.5. The van der Waals surface area contributed by atoms with Crippen LogP contribution in [0.5, 0.6) is 0 Å². The van der Waals surface area contributed by atoms with Crippen molar-refractivity contribution in [3.05, 3.63) is 30.0 Å². The van der Waals surface area contributed by atoms with Crippen LogP contribution in [0.3, 0.4) is 0 Å². The Balaban J connectivity index is 1.67. The molecule has 0 atom stereocenters. The number of benzene rings is 1. The molecular weight excluding hydrogens is 316 g/mol. The van der Waals surface area contributed by atoms with E-state index < -0.39 is 0 Å². The van der Waals surface area contributed by atoms with E-state index >= 15 is 0 Å². The fourth-order valence-corrected chi connectivity index (χ4v) is 3.27. The smallest absolute Gasteiger partial charge is 0.161 e. The Labute approximate surface area is 146 Å². The van der Waals surface area contributed by atoms with E-state index in [0.717, 1.165) is 42.8 Å². The van der Waals surface area contributed by atoms with Gasteiger partial charge in [-0.25, -0.2) is 15.0 Å². The first-order valence-corrected chi connectivity index (χ1v) is 8.51. The highest BCUT2D eigenvalue weighted by atomic mass is 16.5. The van der Waals surface area contributed by atoms with Gasteiger partial charge in [0.2, 0.25) is 0 Å². The second-order valence-electron chi connectivity index (χ2n) is 6.49. The van der Waals surface area contributed by atoms with Crippen molar-refractivity contribution in [3.8, 4) is 11.5 Å². The van der Waals surface area contributed by atoms with Crippen molar-refractivity contribution < 1.29 is 4.74 Å². The Morgan fingerprint density at radius 3 is 2.80 bits per heavy atom. The Kier molecular flexibility index (Phi) is 4.01. The molecule has 1 aliphatic heterocycles. The standard InChI is InChI=1S/C18H22N6O/c1-11-3-4-13-14(9-11)22-18(21-13)16-17(19)20-10-15(23-16)24-7-5-12(25-2)6-8-24/h3-4,9-10,12H,5-8H2,1-2H3,(H2,19,20)(H,21,22). The number of nitrogen functional groups attached to an aromatic ring is 1. The molecular formula is C18H22N6O. The van der Waals surface area contributed by atoms with Crippen LogP contribution in [-0.2, 0) is 4.74 Å². The molecule has 2 aromatic heterocycles. The van der Waals surface area contributed by atoms with Gasteiger partial charge in [-0.2, -0.15) is 0 Å². The van der Waals surface area contributed by atoms with E-state index in [1.165, 1.54) is 5.56 Å². The van der Waals surface area contributed by atoms with Gasteiger partial charge in [-0.1, -0.05) is 6.07 Å². The average Bonchev–Trinajstić information content (AvgIpc) is 3.05. The highest BCUT2D eigenvalue weighted by molar-refractivity contribution is 5.81.